The van der Waals surface area contributed by atoms with Gasteiger partial charge in [0.1, 0.15) is 0 Å². The SMILES string of the molecule is Cc1ccc([C@H](C)NC2CCCNC(=O)C2)cc1. The third kappa shape index (κ3) is 3.57. The molecule has 1 saturated heterocycles. The first-order chi connectivity index (χ1) is 8.65. The molecule has 1 unspecified atom stereocenters. The van der Waals surface area contributed by atoms with Crippen molar-refractivity contribution in [3.8, 4) is 0 Å². The Morgan fingerprint density at radius 3 is 2.78 bits per heavy atom. The number of aryl methyl sites for hydroxylation is 1. The van der Waals surface area contributed by atoms with Gasteiger partial charge < -0.3 is 10.6 Å². The van der Waals surface area contributed by atoms with Crippen LogP contribution < -0.4 is 10.6 Å². The molecule has 2 atom stereocenters. The first kappa shape index (κ1) is 13.1. The third-order valence-corrected chi connectivity index (χ3v) is 3.55. The van der Waals surface area contributed by atoms with E-state index in [1.807, 2.05) is 0 Å². The second-order valence-corrected chi connectivity index (χ2v) is 5.19. The molecule has 0 radical (unpaired) electrons. The molecule has 1 aliphatic rings. The Morgan fingerprint density at radius 2 is 2.06 bits per heavy atom. The van der Waals surface area contributed by atoms with Crippen molar-refractivity contribution in [1.82, 2.24) is 10.6 Å². The zero-order chi connectivity index (χ0) is 13.0. The number of amides is 1. The van der Waals surface area contributed by atoms with E-state index in [2.05, 4.69) is 48.7 Å². The summed E-state index contributed by atoms with van der Waals surface area (Å²) in [6.45, 7) is 5.07. The van der Waals surface area contributed by atoms with Crippen molar-refractivity contribution in [3.63, 3.8) is 0 Å². The van der Waals surface area contributed by atoms with Gasteiger partial charge in [-0.1, -0.05) is 29.8 Å². The van der Waals surface area contributed by atoms with Gasteiger partial charge in [-0.2, -0.15) is 0 Å². The Hall–Kier alpha value is -1.35. The molecule has 2 rings (SSSR count). The maximum atomic E-state index is 11.5. The van der Waals surface area contributed by atoms with Crippen LogP contribution >= 0.6 is 0 Å². The second kappa shape index (κ2) is 6.01. The summed E-state index contributed by atoms with van der Waals surface area (Å²) in [5.74, 6) is 0.168. The van der Waals surface area contributed by atoms with Gasteiger partial charge >= 0.3 is 0 Å². The topological polar surface area (TPSA) is 41.1 Å². The van der Waals surface area contributed by atoms with E-state index >= 15 is 0 Å². The Kier molecular flexibility index (Phi) is 4.37. The highest BCUT2D eigenvalue weighted by Gasteiger charge is 2.19. The molecule has 0 spiro atoms. The molecule has 0 saturated carbocycles. The number of hydrogen-bond acceptors (Lipinski definition) is 2. The maximum absolute atomic E-state index is 11.5. The van der Waals surface area contributed by atoms with Gasteiger partial charge in [0, 0.05) is 25.0 Å². The molecule has 0 aromatic heterocycles. The van der Waals surface area contributed by atoms with Crippen LogP contribution in [-0.2, 0) is 4.79 Å². The first-order valence-corrected chi connectivity index (χ1v) is 6.74. The fourth-order valence-electron chi connectivity index (χ4n) is 2.42. The van der Waals surface area contributed by atoms with E-state index in [9.17, 15) is 4.79 Å². The Morgan fingerprint density at radius 1 is 1.33 bits per heavy atom. The van der Waals surface area contributed by atoms with Crippen LogP contribution in [0.1, 0.15) is 43.4 Å². The normalized spacial score (nSPS) is 22.1. The molecular weight excluding hydrogens is 224 g/mol. The Balaban J connectivity index is 1.95. The summed E-state index contributed by atoms with van der Waals surface area (Å²) in [5.41, 5.74) is 2.56. The summed E-state index contributed by atoms with van der Waals surface area (Å²) in [5, 5.41) is 6.48. The summed E-state index contributed by atoms with van der Waals surface area (Å²) in [4.78, 5) is 11.5. The van der Waals surface area contributed by atoms with Crippen molar-refractivity contribution in [2.75, 3.05) is 6.54 Å². The molecule has 0 bridgehead atoms. The number of carbonyl (C=O) groups excluding carboxylic acids is 1. The molecule has 1 aliphatic heterocycles. The number of benzene rings is 1. The van der Waals surface area contributed by atoms with Crippen molar-refractivity contribution < 1.29 is 4.79 Å². The Labute approximate surface area is 109 Å². The average Bonchev–Trinajstić information content (AvgIpc) is 2.54. The van der Waals surface area contributed by atoms with E-state index in [0.717, 1.165) is 19.4 Å². The molecule has 3 heteroatoms. The first-order valence-electron chi connectivity index (χ1n) is 6.74. The zero-order valence-electron chi connectivity index (χ0n) is 11.2. The van der Waals surface area contributed by atoms with Gasteiger partial charge in [0.15, 0.2) is 0 Å². The van der Waals surface area contributed by atoms with Crippen molar-refractivity contribution in [3.05, 3.63) is 35.4 Å². The highest BCUT2D eigenvalue weighted by molar-refractivity contribution is 5.76. The van der Waals surface area contributed by atoms with Crippen LogP contribution in [0.5, 0.6) is 0 Å². The molecule has 98 valence electrons. The highest BCUT2D eigenvalue weighted by Crippen LogP contribution is 2.16. The maximum Gasteiger partial charge on any atom is 0.221 e. The molecule has 0 aliphatic carbocycles. The van der Waals surface area contributed by atoms with Gasteiger partial charge in [0.25, 0.3) is 0 Å². The summed E-state index contributed by atoms with van der Waals surface area (Å²) < 4.78 is 0. The van der Waals surface area contributed by atoms with Crippen molar-refractivity contribution in [2.45, 2.75) is 45.2 Å². The molecule has 18 heavy (non-hydrogen) atoms. The van der Waals surface area contributed by atoms with Crippen LogP contribution in [0.15, 0.2) is 24.3 Å². The quantitative estimate of drug-likeness (QED) is 0.859. The minimum atomic E-state index is 0.168. The van der Waals surface area contributed by atoms with Crippen LogP contribution in [0.4, 0.5) is 0 Å². The molecule has 1 heterocycles. The molecule has 1 amide bonds. The second-order valence-electron chi connectivity index (χ2n) is 5.19. The summed E-state index contributed by atoms with van der Waals surface area (Å²) in [7, 11) is 0. The van der Waals surface area contributed by atoms with Crippen molar-refractivity contribution in [1.29, 1.82) is 0 Å². The number of nitrogens with one attached hydrogen (secondary N) is 2. The molecule has 2 N–H and O–H groups in total. The molecular formula is C15H22N2O. The van der Waals surface area contributed by atoms with E-state index < -0.39 is 0 Å². The predicted octanol–water partition coefficient (Wildman–Crippen LogP) is 2.31. The molecule has 1 aromatic carbocycles. The van der Waals surface area contributed by atoms with Crippen LogP contribution in [0, 0.1) is 6.92 Å². The van der Waals surface area contributed by atoms with Crippen LogP contribution in [0.25, 0.3) is 0 Å². The fourth-order valence-corrected chi connectivity index (χ4v) is 2.42. The number of hydrogen-bond donors (Lipinski definition) is 2. The molecule has 1 aromatic rings. The van der Waals surface area contributed by atoms with Gasteiger partial charge in [0.05, 0.1) is 0 Å². The van der Waals surface area contributed by atoms with Gasteiger partial charge in [-0.15, -0.1) is 0 Å². The van der Waals surface area contributed by atoms with Crippen molar-refractivity contribution in [2.24, 2.45) is 0 Å². The third-order valence-electron chi connectivity index (χ3n) is 3.55. The lowest BCUT2D eigenvalue weighted by Gasteiger charge is -2.21. The van der Waals surface area contributed by atoms with E-state index in [1.165, 1.54) is 11.1 Å². The minimum Gasteiger partial charge on any atom is -0.356 e. The Bertz CT molecular complexity index is 399. The van der Waals surface area contributed by atoms with Crippen molar-refractivity contribution >= 4 is 5.91 Å². The summed E-state index contributed by atoms with van der Waals surface area (Å²) in [6.07, 6.45) is 2.72. The van der Waals surface area contributed by atoms with Crippen LogP contribution in [0.2, 0.25) is 0 Å². The van der Waals surface area contributed by atoms with Gasteiger partial charge in [-0.05, 0) is 32.3 Å². The lowest BCUT2D eigenvalue weighted by molar-refractivity contribution is -0.121. The van der Waals surface area contributed by atoms with Gasteiger partial charge in [0.2, 0.25) is 5.91 Å². The van der Waals surface area contributed by atoms with E-state index in [-0.39, 0.29) is 5.91 Å². The summed E-state index contributed by atoms with van der Waals surface area (Å²) in [6, 6.07) is 9.17. The standard InChI is InChI=1S/C15H22N2O/c1-11-5-7-13(8-6-11)12(2)17-14-4-3-9-16-15(18)10-14/h5-8,12,14,17H,3-4,9-10H2,1-2H3,(H,16,18)/t12-,14?/m0/s1. The molecule has 3 nitrogen and oxygen atoms in total. The zero-order valence-corrected chi connectivity index (χ0v) is 11.2. The van der Waals surface area contributed by atoms with Gasteiger partial charge in [-0.25, -0.2) is 0 Å². The average molecular weight is 246 g/mol. The van der Waals surface area contributed by atoms with E-state index in [1.54, 1.807) is 0 Å². The minimum absolute atomic E-state index is 0.168. The van der Waals surface area contributed by atoms with Crippen LogP contribution in [0.3, 0.4) is 0 Å². The highest BCUT2D eigenvalue weighted by atomic mass is 16.1. The predicted molar refractivity (Wildman–Crippen MR) is 73.4 cm³/mol. The fraction of sp³-hybridized carbons (Fsp3) is 0.533. The molecule has 1 fully saturated rings. The monoisotopic (exact) mass is 246 g/mol. The number of carbonyl (C=O) groups is 1. The van der Waals surface area contributed by atoms with Crippen LogP contribution in [-0.4, -0.2) is 18.5 Å². The lowest BCUT2D eigenvalue weighted by Crippen LogP contribution is -2.34. The van der Waals surface area contributed by atoms with E-state index in [0.29, 0.717) is 18.5 Å². The lowest BCUT2D eigenvalue weighted by atomic mass is 10.0. The van der Waals surface area contributed by atoms with E-state index in [4.69, 9.17) is 0 Å². The summed E-state index contributed by atoms with van der Waals surface area (Å²) >= 11 is 0. The van der Waals surface area contributed by atoms with Gasteiger partial charge in [-0.3, -0.25) is 4.79 Å². The number of rotatable bonds is 3. The smallest absolute Gasteiger partial charge is 0.221 e. The largest absolute Gasteiger partial charge is 0.356 e.